The molecule has 2 aromatic carbocycles. The fourth-order valence-corrected chi connectivity index (χ4v) is 2.23. The standard InChI is InChI=1S/C16H16NO/c1-12-8-9-14-11-17(13(2)18-16(14)10-12)15-6-4-3-5-7-15/h3-11,13H,1-2H3/q+1. The molecule has 1 heterocycles. The van der Waals surface area contributed by atoms with Gasteiger partial charge in [-0.05, 0) is 24.6 Å². The molecule has 0 saturated heterocycles. The van der Waals surface area contributed by atoms with E-state index in [1.165, 1.54) is 5.56 Å². The van der Waals surface area contributed by atoms with Gasteiger partial charge in [-0.2, -0.15) is 4.58 Å². The summed E-state index contributed by atoms with van der Waals surface area (Å²) in [5.41, 5.74) is 3.50. The van der Waals surface area contributed by atoms with Gasteiger partial charge < -0.3 is 4.74 Å². The van der Waals surface area contributed by atoms with Crippen molar-refractivity contribution < 1.29 is 9.31 Å². The van der Waals surface area contributed by atoms with Crippen LogP contribution >= 0.6 is 0 Å². The van der Waals surface area contributed by atoms with Crippen LogP contribution in [0.15, 0.2) is 48.5 Å². The number of aryl methyl sites for hydroxylation is 1. The highest BCUT2D eigenvalue weighted by Crippen LogP contribution is 2.26. The molecular weight excluding hydrogens is 222 g/mol. The molecule has 0 spiro atoms. The molecule has 0 amide bonds. The third-order valence-electron chi connectivity index (χ3n) is 3.19. The van der Waals surface area contributed by atoms with Crippen molar-refractivity contribution in [3.05, 3.63) is 59.7 Å². The van der Waals surface area contributed by atoms with Gasteiger partial charge in [-0.15, -0.1) is 0 Å². The Morgan fingerprint density at radius 1 is 1.06 bits per heavy atom. The molecule has 0 N–H and O–H groups in total. The summed E-state index contributed by atoms with van der Waals surface area (Å²) in [7, 11) is 0. The highest BCUT2D eigenvalue weighted by molar-refractivity contribution is 5.81. The lowest BCUT2D eigenvalue weighted by atomic mass is 10.1. The van der Waals surface area contributed by atoms with Crippen LogP contribution in [-0.2, 0) is 0 Å². The molecular formula is C16H16NO+. The van der Waals surface area contributed by atoms with Gasteiger partial charge in [0.05, 0.1) is 5.56 Å². The topological polar surface area (TPSA) is 12.2 Å². The zero-order valence-electron chi connectivity index (χ0n) is 10.6. The van der Waals surface area contributed by atoms with E-state index in [0.29, 0.717) is 0 Å². The summed E-state index contributed by atoms with van der Waals surface area (Å²) in [6.45, 7) is 4.15. The van der Waals surface area contributed by atoms with E-state index in [1.54, 1.807) is 0 Å². The van der Waals surface area contributed by atoms with Gasteiger partial charge in [0.15, 0.2) is 6.21 Å². The first-order valence-electron chi connectivity index (χ1n) is 6.19. The van der Waals surface area contributed by atoms with Gasteiger partial charge in [0, 0.05) is 19.1 Å². The van der Waals surface area contributed by atoms with Crippen LogP contribution in [0.25, 0.3) is 0 Å². The number of rotatable bonds is 1. The van der Waals surface area contributed by atoms with Crippen LogP contribution in [0.1, 0.15) is 18.1 Å². The summed E-state index contributed by atoms with van der Waals surface area (Å²) in [5.74, 6) is 0.967. The quantitative estimate of drug-likeness (QED) is 0.693. The van der Waals surface area contributed by atoms with E-state index in [0.717, 1.165) is 17.0 Å². The summed E-state index contributed by atoms with van der Waals surface area (Å²) in [5, 5.41) is 0. The van der Waals surface area contributed by atoms with E-state index in [-0.39, 0.29) is 6.23 Å². The van der Waals surface area contributed by atoms with Gasteiger partial charge >= 0.3 is 0 Å². The van der Waals surface area contributed by atoms with E-state index in [1.807, 2.05) is 18.2 Å². The second-order valence-electron chi connectivity index (χ2n) is 4.63. The predicted octanol–water partition coefficient (Wildman–Crippen LogP) is 3.50. The Hall–Kier alpha value is -2.09. The van der Waals surface area contributed by atoms with Gasteiger partial charge in [-0.25, -0.2) is 0 Å². The lowest BCUT2D eigenvalue weighted by Gasteiger charge is -2.19. The third-order valence-corrected chi connectivity index (χ3v) is 3.19. The van der Waals surface area contributed by atoms with Crippen molar-refractivity contribution in [1.29, 1.82) is 0 Å². The van der Waals surface area contributed by atoms with Crippen molar-refractivity contribution in [3.8, 4) is 5.75 Å². The molecule has 1 aliphatic heterocycles. The maximum Gasteiger partial charge on any atom is 0.299 e. The molecule has 0 saturated carbocycles. The molecule has 18 heavy (non-hydrogen) atoms. The van der Waals surface area contributed by atoms with E-state index in [9.17, 15) is 0 Å². The number of fused-ring (bicyclic) bond motifs is 1. The van der Waals surface area contributed by atoms with Crippen molar-refractivity contribution in [3.63, 3.8) is 0 Å². The monoisotopic (exact) mass is 238 g/mol. The van der Waals surface area contributed by atoms with Crippen molar-refractivity contribution in [2.24, 2.45) is 0 Å². The van der Waals surface area contributed by atoms with Gasteiger partial charge in [0.2, 0.25) is 5.69 Å². The molecule has 0 fully saturated rings. The number of nitrogens with zero attached hydrogens (tertiary/aromatic N) is 1. The normalized spacial score (nSPS) is 17.7. The van der Waals surface area contributed by atoms with Crippen LogP contribution in [0, 0.1) is 6.92 Å². The summed E-state index contributed by atoms with van der Waals surface area (Å²) in [6.07, 6.45) is 2.17. The highest BCUT2D eigenvalue weighted by atomic mass is 16.5. The molecule has 1 unspecified atom stereocenters. The number of hydrogen-bond donors (Lipinski definition) is 0. The average Bonchev–Trinajstić information content (AvgIpc) is 2.39. The smallest absolute Gasteiger partial charge is 0.299 e. The summed E-state index contributed by atoms with van der Waals surface area (Å²) >= 11 is 0. The molecule has 2 heteroatoms. The molecule has 0 radical (unpaired) electrons. The molecule has 90 valence electrons. The number of benzene rings is 2. The van der Waals surface area contributed by atoms with E-state index < -0.39 is 0 Å². The largest absolute Gasteiger partial charge is 0.433 e. The minimum Gasteiger partial charge on any atom is -0.433 e. The number of hydrogen-bond acceptors (Lipinski definition) is 1. The van der Waals surface area contributed by atoms with Crippen LogP contribution in [0.3, 0.4) is 0 Å². The van der Waals surface area contributed by atoms with Gasteiger partial charge in [0.1, 0.15) is 5.75 Å². The van der Waals surface area contributed by atoms with Gasteiger partial charge in [-0.3, -0.25) is 0 Å². The van der Waals surface area contributed by atoms with E-state index >= 15 is 0 Å². The maximum absolute atomic E-state index is 5.97. The second-order valence-corrected chi connectivity index (χ2v) is 4.63. The average molecular weight is 238 g/mol. The van der Waals surface area contributed by atoms with Crippen molar-refractivity contribution in [2.45, 2.75) is 20.1 Å². The number of para-hydroxylation sites is 1. The van der Waals surface area contributed by atoms with Crippen molar-refractivity contribution >= 4 is 11.9 Å². The SMILES string of the molecule is Cc1ccc2c(c1)OC(C)[N+](c1ccccc1)=C2. The summed E-state index contributed by atoms with van der Waals surface area (Å²) in [6, 6.07) is 16.6. The lowest BCUT2D eigenvalue weighted by molar-refractivity contribution is -0.522. The molecule has 3 rings (SSSR count). The zero-order valence-corrected chi connectivity index (χ0v) is 10.6. The Balaban J connectivity index is 2.09. The minimum absolute atomic E-state index is 0.0155. The lowest BCUT2D eigenvalue weighted by Crippen LogP contribution is -2.30. The molecule has 1 atom stereocenters. The molecule has 1 aliphatic rings. The maximum atomic E-state index is 5.97. The third kappa shape index (κ3) is 1.90. The van der Waals surface area contributed by atoms with Crippen LogP contribution in [0.4, 0.5) is 5.69 Å². The second kappa shape index (κ2) is 4.30. The van der Waals surface area contributed by atoms with Crippen LogP contribution in [-0.4, -0.2) is 17.0 Å². The van der Waals surface area contributed by atoms with Gasteiger partial charge in [0.25, 0.3) is 6.23 Å². The minimum atomic E-state index is 0.0155. The number of ether oxygens (including phenoxy) is 1. The van der Waals surface area contributed by atoms with Crippen LogP contribution < -0.4 is 4.74 Å². The Morgan fingerprint density at radius 2 is 1.83 bits per heavy atom. The zero-order chi connectivity index (χ0) is 12.5. The Labute approximate surface area is 107 Å². The first kappa shape index (κ1) is 11.0. The first-order valence-corrected chi connectivity index (χ1v) is 6.19. The van der Waals surface area contributed by atoms with Crippen molar-refractivity contribution in [2.75, 3.05) is 0 Å². The molecule has 0 aliphatic carbocycles. The Bertz CT molecular complexity index is 602. The van der Waals surface area contributed by atoms with Crippen LogP contribution in [0.5, 0.6) is 5.75 Å². The van der Waals surface area contributed by atoms with Crippen molar-refractivity contribution in [1.82, 2.24) is 0 Å². The molecule has 2 aromatic rings. The molecule has 0 aromatic heterocycles. The van der Waals surface area contributed by atoms with E-state index in [2.05, 4.69) is 55.0 Å². The highest BCUT2D eigenvalue weighted by Gasteiger charge is 2.26. The molecule has 2 nitrogen and oxygen atoms in total. The fraction of sp³-hybridized carbons (Fsp3) is 0.188. The molecule has 0 bridgehead atoms. The fourth-order valence-electron chi connectivity index (χ4n) is 2.23. The first-order chi connectivity index (χ1) is 8.74. The summed E-state index contributed by atoms with van der Waals surface area (Å²) < 4.78 is 8.12. The Kier molecular flexibility index (Phi) is 2.63. The Morgan fingerprint density at radius 3 is 2.61 bits per heavy atom. The van der Waals surface area contributed by atoms with Gasteiger partial charge in [-0.1, -0.05) is 24.3 Å². The van der Waals surface area contributed by atoms with E-state index in [4.69, 9.17) is 4.74 Å². The predicted molar refractivity (Wildman–Crippen MR) is 72.8 cm³/mol. The van der Waals surface area contributed by atoms with Crippen LogP contribution in [0.2, 0.25) is 0 Å². The summed E-state index contributed by atoms with van der Waals surface area (Å²) in [4.78, 5) is 0.